The number of nitrogens with zero attached hydrogens (tertiary/aromatic N) is 1. The number of halogens is 1. The summed E-state index contributed by atoms with van der Waals surface area (Å²) in [6, 6.07) is 12.4. The van der Waals surface area contributed by atoms with Gasteiger partial charge in [-0.3, -0.25) is 9.69 Å². The Morgan fingerprint density at radius 3 is 2.37 bits per heavy atom. The summed E-state index contributed by atoms with van der Waals surface area (Å²) >= 11 is 0. The number of amides is 1. The quantitative estimate of drug-likeness (QED) is 0.853. The summed E-state index contributed by atoms with van der Waals surface area (Å²) in [6.45, 7) is 1.56. The Balaban J connectivity index is 2.15. The topological polar surface area (TPSA) is 40.5 Å². The van der Waals surface area contributed by atoms with E-state index in [2.05, 4.69) is 0 Å². The van der Waals surface area contributed by atoms with Crippen molar-refractivity contribution >= 4 is 11.6 Å². The van der Waals surface area contributed by atoms with Crippen molar-refractivity contribution in [2.24, 2.45) is 0 Å². The first-order chi connectivity index (χ1) is 9.01. The normalized spacial score (nSPS) is 21.6. The van der Waals surface area contributed by atoms with Crippen molar-refractivity contribution in [3.05, 3.63) is 65.5 Å². The van der Waals surface area contributed by atoms with Gasteiger partial charge in [0.15, 0.2) is 5.72 Å². The fraction of sp³-hybridized carbons (Fsp3) is 0.133. The van der Waals surface area contributed by atoms with Crippen LogP contribution in [0.25, 0.3) is 0 Å². The molecule has 1 heterocycles. The third-order valence-corrected chi connectivity index (χ3v) is 3.39. The van der Waals surface area contributed by atoms with Gasteiger partial charge in [0.2, 0.25) is 0 Å². The molecule has 1 aliphatic rings. The first-order valence-electron chi connectivity index (χ1n) is 5.94. The molecule has 1 N–H and O–H groups in total. The predicted octanol–water partition coefficient (Wildman–Crippen LogP) is 2.65. The maximum absolute atomic E-state index is 13.0. The number of hydrogen-bond acceptors (Lipinski definition) is 2. The molecule has 0 spiro atoms. The third kappa shape index (κ3) is 1.64. The van der Waals surface area contributed by atoms with E-state index >= 15 is 0 Å². The van der Waals surface area contributed by atoms with Gasteiger partial charge in [-0.25, -0.2) is 4.39 Å². The summed E-state index contributed by atoms with van der Waals surface area (Å²) in [5.41, 5.74) is 0.0691. The van der Waals surface area contributed by atoms with E-state index in [1.807, 2.05) is 0 Å². The number of anilines is 1. The van der Waals surface area contributed by atoms with Crippen LogP contribution in [0.1, 0.15) is 22.8 Å². The molecule has 4 heteroatoms. The summed E-state index contributed by atoms with van der Waals surface area (Å²) in [7, 11) is 0. The molecular formula is C15H12FNO2. The minimum atomic E-state index is -1.43. The lowest BCUT2D eigenvalue weighted by atomic mass is 10.0. The van der Waals surface area contributed by atoms with Gasteiger partial charge in [0.05, 0.1) is 0 Å². The largest absolute Gasteiger partial charge is 0.367 e. The van der Waals surface area contributed by atoms with Gasteiger partial charge in [-0.2, -0.15) is 0 Å². The predicted molar refractivity (Wildman–Crippen MR) is 69.2 cm³/mol. The Labute approximate surface area is 109 Å². The Hall–Kier alpha value is -2.20. The van der Waals surface area contributed by atoms with Gasteiger partial charge in [-0.15, -0.1) is 0 Å². The van der Waals surface area contributed by atoms with Crippen LogP contribution in [0, 0.1) is 5.82 Å². The number of benzene rings is 2. The SMILES string of the molecule is CC1(O)c2ccccc2C(=O)N1c1ccc(F)cc1. The van der Waals surface area contributed by atoms with Crippen LogP contribution in [0.2, 0.25) is 0 Å². The molecule has 0 aromatic heterocycles. The Bertz CT molecular complexity index is 649. The van der Waals surface area contributed by atoms with E-state index in [-0.39, 0.29) is 11.7 Å². The van der Waals surface area contributed by atoms with Gasteiger partial charge in [-0.1, -0.05) is 18.2 Å². The molecule has 3 rings (SSSR count). The zero-order valence-electron chi connectivity index (χ0n) is 10.3. The molecule has 0 saturated heterocycles. The van der Waals surface area contributed by atoms with Crippen LogP contribution in [0.15, 0.2) is 48.5 Å². The van der Waals surface area contributed by atoms with Gasteiger partial charge in [0.25, 0.3) is 5.91 Å². The minimum Gasteiger partial charge on any atom is -0.367 e. The van der Waals surface area contributed by atoms with Gasteiger partial charge in [0, 0.05) is 16.8 Å². The van der Waals surface area contributed by atoms with Crippen molar-refractivity contribution in [2.75, 3.05) is 4.90 Å². The highest BCUT2D eigenvalue weighted by atomic mass is 19.1. The van der Waals surface area contributed by atoms with Crippen molar-refractivity contribution in [2.45, 2.75) is 12.6 Å². The standard InChI is InChI=1S/C15H12FNO2/c1-15(19)13-5-3-2-4-12(13)14(18)17(15)11-8-6-10(16)7-9-11/h2-9,19H,1H3. The first kappa shape index (κ1) is 11.9. The number of hydrogen-bond donors (Lipinski definition) is 1. The molecule has 1 atom stereocenters. The number of carbonyl (C=O) groups is 1. The molecule has 2 aromatic rings. The highest BCUT2D eigenvalue weighted by Gasteiger charge is 2.45. The average Bonchev–Trinajstić information content (AvgIpc) is 2.60. The zero-order valence-corrected chi connectivity index (χ0v) is 10.3. The monoisotopic (exact) mass is 257 g/mol. The van der Waals surface area contributed by atoms with E-state index in [9.17, 15) is 14.3 Å². The second-order valence-corrected chi connectivity index (χ2v) is 4.68. The molecule has 0 aliphatic carbocycles. The van der Waals surface area contributed by atoms with Crippen molar-refractivity contribution in [3.8, 4) is 0 Å². The molecule has 0 saturated carbocycles. The molecule has 0 bridgehead atoms. The van der Waals surface area contributed by atoms with Crippen LogP contribution in [-0.4, -0.2) is 11.0 Å². The number of carbonyl (C=O) groups excluding carboxylic acids is 1. The van der Waals surface area contributed by atoms with Crippen LogP contribution in [-0.2, 0) is 5.72 Å². The van der Waals surface area contributed by atoms with Crippen molar-refractivity contribution in [1.29, 1.82) is 0 Å². The van der Waals surface area contributed by atoms with E-state index in [0.717, 1.165) is 0 Å². The molecule has 1 unspecified atom stereocenters. The van der Waals surface area contributed by atoms with E-state index in [1.54, 1.807) is 31.2 Å². The molecule has 2 aromatic carbocycles. The number of rotatable bonds is 1. The molecule has 96 valence electrons. The summed E-state index contributed by atoms with van der Waals surface area (Å²) in [6.07, 6.45) is 0. The van der Waals surface area contributed by atoms with Gasteiger partial charge in [-0.05, 0) is 37.3 Å². The Morgan fingerprint density at radius 2 is 1.74 bits per heavy atom. The Morgan fingerprint density at radius 1 is 1.11 bits per heavy atom. The smallest absolute Gasteiger partial charge is 0.261 e. The highest BCUT2D eigenvalue weighted by molar-refractivity contribution is 6.11. The van der Waals surface area contributed by atoms with Crippen molar-refractivity contribution in [1.82, 2.24) is 0 Å². The molecular weight excluding hydrogens is 245 g/mol. The maximum Gasteiger partial charge on any atom is 0.261 e. The second-order valence-electron chi connectivity index (χ2n) is 4.68. The molecule has 3 nitrogen and oxygen atoms in total. The fourth-order valence-electron chi connectivity index (χ4n) is 2.48. The van der Waals surface area contributed by atoms with E-state index in [0.29, 0.717) is 16.8 Å². The first-order valence-corrected chi connectivity index (χ1v) is 5.94. The Kier molecular flexibility index (Phi) is 2.43. The van der Waals surface area contributed by atoms with Gasteiger partial charge < -0.3 is 5.11 Å². The lowest BCUT2D eigenvalue weighted by molar-refractivity contribution is 0.0554. The molecule has 19 heavy (non-hydrogen) atoms. The molecule has 0 fully saturated rings. The molecule has 0 radical (unpaired) electrons. The summed E-state index contributed by atoms with van der Waals surface area (Å²) in [5.74, 6) is -0.667. The molecule has 1 aliphatic heterocycles. The zero-order chi connectivity index (χ0) is 13.6. The van der Waals surface area contributed by atoms with Gasteiger partial charge in [0.1, 0.15) is 5.82 Å². The van der Waals surface area contributed by atoms with Crippen molar-refractivity contribution in [3.63, 3.8) is 0 Å². The van der Waals surface area contributed by atoms with Crippen LogP contribution >= 0.6 is 0 Å². The van der Waals surface area contributed by atoms with Crippen LogP contribution < -0.4 is 4.90 Å². The summed E-state index contributed by atoms with van der Waals surface area (Å²) < 4.78 is 13.0. The lowest BCUT2D eigenvalue weighted by Gasteiger charge is -2.30. The minimum absolute atomic E-state index is 0.285. The number of fused-ring (bicyclic) bond motifs is 1. The fourth-order valence-corrected chi connectivity index (χ4v) is 2.48. The van der Waals surface area contributed by atoms with E-state index < -0.39 is 5.72 Å². The van der Waals surface area contributed by atoms with Gasteiger partial charge >= 0.3 is 0 Å². The third-order valence-electron chi connectivity index (χ3n) is 3.39. The van der Waals surface area contributed by atoms with Crippen LogP contribution in [0.4, 0.5) is 10.1 Å². The lowest BCUT2D eigenvalue weighted by Crippen LogP contribution is -2.41. The number of aliphatic hydroxyl groups is 1. The van der Waals surface area contributed by atoms with E-state index in [1.165, 1.54) is 29.2 Å². The second kappa shape index (κ2) is 3.90. The molecule has 1 amide bonds. The van der Waals surface area contributed by atoms with Crippen LogP contribution in [0.5, 0.6) is 0 Å². The highest BCUT2D eigenvalue weighted by Crippen LogP contribution is 2.39. The van der Waals surface area contributed by atoms with Crippen LogP contribution in [0.3, 0.4) is 0 Å². The summed E-state index contributed by atoms with van der Waals surface area (Å²) in [4.78, 5) is 13.6. The van der Waals surface area contributed by atoms with Crippen molar-refractivity contribution < 1.29 is 14.3 Å². The maximum atomic E-state index is 13.0. The van der Waals surface area contributed by atoms with E-state index in [4.69, 9.17) is 0 Å². The summed E-state index contributed by atoms with van der Waals surface area (Å²) in [5, 5.41) is 10.6. The average molecular weight is 257 g/mol.